The third kappa shape index (κ3) is 2.24. The molecule has 3 rings (SSSR count). The highest BCUT2D eigenvalue weighted by atomic mass is 19.2. The van der Waals surface area contributed by atoms with Gasteiger partial charge in [-0.25, -0.2) is 8.78 Å². The molecule has 1 aliphatic heterocycles. The van der Waals surface area contributed by atoms with Crippen molar-refractivity contribution < 1.29 is 13.6 Å². The van der Waals surface area contributed by atoms with Crippen molar-refractivity contribution in [2.24, 2.45) is 0 Å². The minimum atomic E-state index is -0.973. The Hall–Kier alpha value is -2.04. The molecule has 0 saturated carbocycles. The maximum Gasteiger partial charge on any atom is 0.255 e. The van der Waals surface area contributed by atoms with E-state index >= 15 is 0 Å². The Bertz CT molecular complexity index is 666. The number of piperidine rings is 1. The SMILES string of the molecule is O=C(c1cnc2c(F)c(F)ccc2c1)N1CCCCC1. The number of hydrogen-bond acceptors (Lipinski definition) is 2. The minimum Gasteiger partial charge on any atom is -0.339 e. The number of likely N-dealkylation sites (tertiary alicyclic amines) is 1. The Balaban J connectivity index is 1.96. The first-order chi connectivity index (χ1) is 9.66. The second-order valence-corrected chi connectivity index (χ2v) is 5.01. The second-order valence-electron chi connectivity index (χ2n) is 5.01. The smallest absolute Gasteiger partial charge is 0.255 e. The van der Waals surface area contributed by atoms with Gasteiger partial charge in [-0.05, 0) is 37.5 Å². The molecule has 0 N–H and O–H groups in total. The van der Waals surface area contributed by atoms with E-state index in [1.807, 2.05) is 0 Å². The number of fused-ring (bicyclic) bond motifs is 1. The average Bonchev–Trinajstić information content (AvgIpc) is 2.51. The number of amides is 1. The maximum atomic E-state index is 13.6. The summed E-state index contributed by atoms with van der Waals surface area (Å²) in [6, 6.07) is 4.06. The Morgan fingerprint density at radius 1 is 1.15 bits per heavy atom. The molecule has 104 valence electrons. The van der Waals surface area contributed by atoms with E-state index in [4.69, 9.17) is 0 Å². The van der Waals surface area contributed by atoms with Crippen LogP contribution in [-0.2, 0) is 0 Å². The number of carbonyl (C=O) groups is 1. The van der Waals surface area contributed by atoms with Gasteiger partial charge < -0.3 is 4.90 Å². The number of hydrogen-bond donors (Lipinski definition) is 0. The van der Waals surface area contributed by atoms with Crippen LogP contribution in [0.5, 0.6) is 0 Å². The lowest BCUT2D eigenvalue weighted by atomic mass is 10.1. The molecule has 1 aromatic heterocycles. The molecule has 0 radical (unpaired) electrons. The molecule has 2 aromatic rings. The fourth-order valence-electron chi connectivity index (χ4n) is 2.54. The molecule has 3 nitrogen and oxygen atoms in total. The summed E-state index contributed by atoms with van der Waals surface area (Å²) in [5, 5.41) is 0.437. The van der Waals surface area contributed by atoms with Crippen LogP contribution in [0.3, 0.4) is 0 Å². The molecule has 1 fully saturated rings. The molecule has 1 amide bonds. The lowest BCUT2D eigenvalue weighted by Crippen LogP contribution is -2.35. The zero-order chi connectivity index (χ0) is 14.1. The summed E-state index contributed by atoms with van der Waals surface area (Å²) in [6.07, 6.45) is 4.48. The first-order valence-corrected chi connectivity index (χ1v) is 6.70. The summed E-state index contributed by atoms with van der Waals surface area (Å²) in [6.45, 7) is 1.49. The van der Waals surface area contributed by atoms with Gasteiger partial charge in [0.1, 0.15) is 5.52 Å². The van der Waals surface area contributed by atoms with Crippen molar-refractivity contribution in [2.75, 3.05) is 13.1 Å². The average molecular weight is 276 g/mol. The molecule has 0 bridgehead atoms. The van der Waals surface area contributed by atoms with Crippen molar-refractivity contribution in [3.05, 3.63) is 41.6 Å². The summed E-state index contributed by atoms with van der Waals surface area (Å²) >= 11 is 0. The van der Waals surface area contributed by atoms with Crippen LogP contribution in [0.1, 0.15) is 29.6 Å². The molecule has 2 heterocycles. The van der Waals surface area contributed by atoms with Crippen LogP contribution >= 0.6 is 0 Å². The highest BCUT2D eigenvalue weighted by molar-refractivity contribution is 5.97. The van der Waals surface area contributed by atoms with Crippen LogP contribution in [0.25, 0.3) is 10.9 Å². The lowest BCUT2D eigenvalue weighted by Gasteiger charge is -2.26. The Labute approximate surface area is 115 Å². The van der Waals surface area contributed by atoms with Gasteiger partial charge in [-0.2, -0.15) is 0 Å². The van der Waals surface area contributed by atoms with Gasteiger partial charge in [-0.1, -0.05) is 0 Å². The maximum absolute atomic E-state index is 13.6. The predicted octanol–water partition coefficient (Wildman–Crippen LogP) is 3.14. The number of carbonyl (C=O) groups excluding carboxylic acids is 1. The topological polar surface area (TPSA) is 33.2 Å². The minimum absolute atomic E-state index is 0.0415. The van der Waals surface area contributed by atoms with Crippen LogP contribution in [-0.4, -0.2) is 28.9 Å². The van der Waals surface area contributed by atoms with Crippen molar-refractivity contribution in [1.29, 1.82) is 0 Å². The van der Waals surface area contributed by atoms with Gasteiger partial charge >= 0.3 is 0 Å². The highest BCUT2D eigenvalue weighted by Gasteiger charge is 2.19. The molecule has 0 unspecified atom stereocenters. The van der Waals surface area contributed by atoms with Gasteiger partial charge in [-0.3, -0.25) is 9.78 Å². The van der Waals surface area contributed by atoms with Crippen molar-refractivity contribution in [1.82, 2.24) is 9.88 Å². The van der Waals surface area contributed by atoms with Gasteiger partial charge in [0.2, 0.25) is 0 Å². The van der Waals surface area contributed by atoms with Crippen molar-refractivity contribution in [3.63, 3.8) is 0 Å². The van der Waals surface area contributed by atoms with Crippen LogP contribution < -0.4 is 0 Å². The normalized spacial score (nSPS) is 15.6. The third-order valence-electron chi connectivity index (χ3n) is 3.63. The van der Waals surface area contributed by atoms with E-state index in [1.54, 1.807) is 11.0 Å². The molecular weight excluding hydrogens is 262 g/mol. The fourth-order valence-corrected chi connectivity index (χ4v) is 2.54. The molecule has 0 spiro atoms. The molecule has 1 aromatic carbocycles. The molecule has 1 saturated heterocycles. The Morgan fingerprint density at radius 3 is 2.65 bits per heavy atom. The van der Waals surface area contributed by atoms with Crippen molar-refractivity contribution in [2.45, 2.75) is 19.3 Å². The highest BCUT2D eigenvalue weighted by Crippen LogP contribution is 2.20. The van der Waals surface area contributed by atoms with Gasteiger partial charge in [-0.15, -0.1) is 0 Å². The standard InChI is InChI=1S/C15H14F2N2O/c16-12-5-4-10-8-11(9-18-14(10)13(12)17)15(20)19-6-2-1-3-7-19/h4-5,8-9H,1-3,6-7H2. The van der Waals surface area contributed by atoms with E-state index in [0.29, 0.717) is 10.9 Å². The van der Waals surface area contributed by atoms with Gasteiger partial charge in [0.25, 0.3) is 5.91 Å². The number of pyridine rings is 1. The lowest BCUT2D eigenvalue weighted by molar-refractivity contribution is 0.0724. The molecule has 1 aliphatic rings. The number of rotatable bonds is 1. The number of halogens is 2. The van der Waals surface area contributed by atoms with Crippen LogP contribution in [0.4, 0.5) is 8.78 Å². The van der Waals surface area contributed by atoms with E-state index in [9.17, 15) is 13.6 Å². The largest absolute Gasteiger partial charge is 0.339 e. The summed E-state index contributed by atoms with van der Waals surface area (Å²) in [5.41, 5.74) is 0.380. The van der Waals surface area contributed by atoms with E-state index in [-0.39, 0.29) is 11.4 Å². The summed E-state index contributed by atoms with van der Waals surface area (Å²) in [4.78, 5) is 18.0. The molecule has 0 atom stereocenters. The fraction of sp³-hybridized carbons (Fsp3) is 0.333. The zero-order valence-electron chi connectivity index (χ0n) is 10.9. The quantitative estimate of drug-likeness (QED) is 0.801. The van der Waals surface area contributed by atoms with E-state index in [2.05, 4.69) is 4.98 Å². The van der Waals surface area contributed by atoms with Gasteiger partial charge in [0.15, 0.2) is 11.6 Å². The summed E-state index contributed by atoms with van der Waals surface area (Å²) < 4.78 is 26.7. The van der Waals surface area contributed by atoms with Crippen LogP contribution in [0.2, 0.25) is 0 Å². The summed E-state index contributed by atoms with van der Waals surface area (Å²) in [5.74, 6) is -2.00. The first kappa shape index (κ1) is 13.0. The third-order valence-corrected chi connectivity index (χ3v) is 3.63. The Morgan fingerprint density at radius 2 is 1.90 bits per heavy atom. The number of benzene rings is 1. The van der Waals surface area contributed by atoms with Gasteiger partial charge in [0.05, 0.1) is 5.56 Å². The van der Waals surface area contributed by atoms with Crippen molar-refractivity contribution >= 4 is 16.8 Å². The zero-order valence-corrected chi connectivity index (χ0v) is 10.9. The van der Waals surface area contributed by atoms with Crippen LogP contribution in [0, 0.1) is 11.6 Å². The first-order valence-electron chi connectivity index (χ1n) is 6.70. The predicted molar refractivity (Wildman–Crippen MR) is 71.4 cm³/mol. The molecular formula is C15H14F2N2O. The van der Waals surface area contributed by atoms with E-state index in [0.717, 1.165) is 38.4 Å². The Kier molecular flexibility index (Phi) is 3.34. The van der Waals surface area contributed by atoms with Crippen molar-refractivity contribution in [3.8, 4) is 0 Å². The molecule has 20 heavy (non-hydrogen) atoms. The number of aromatic nitrogens is 1. The second kappa shape index (κ2) is 5.15. The van der Waals surface area contributed by atoms with Gasteiger partial charge in [0, 0.05) is 24.7 Å². The molecule has 5 heteroatoms. The monoisotopic (exact) mass is 276 g/mol. The van der Waals surface area contributed by atoms with Crippen LogP contribution in [0.15, 0.2) is 24.4 Å². The van der Waals surface area contributed by atoms with E-state index < -0.39 is 11.6 Å². The van der Waals surface area contributed by atoms with E-state index in [1.165, 1.54) is 12.3 Å². The molecule has 0 aliphatic carbocycles. The summed E-state index contributed by atoms with van der Waals surface area (Å²) in [7, 11) is 0. The number of nitrogens with zero attached hydrogens (tertiary/aromatic N) is 2.